The van der Waals surface area contributed by atoms with Gasteiger partial charge in [-0.15, -0.1) is 0 Å². The predicted molar refractivity (Wildman–Crippen MR) is 152 cm³/mol. The molecule has 43 heavy (non-hydrogen) atoms. The van der Waals surface area contributed by atoms with Gasteiger partial charge in [0.15, 0.2) is 0 Å². The number of aliphatic hydroxyl groups excluding tert-OH is 1. The first-order valence-corrected chi connectivity index (χ1v) is 14.1. The largest absolute Gasteiger partial charge is 0.481 e. The van der Waals surface area contributed by atoms with E-state index < -0.39 is 30.5 Å². The molecule has 0 bridgehead atoms. The standard InChI is InChI=1S/C30H35F4N5O4/c1-4-23-14-25(27-24(8-9-26(37-27)42-3)39(23)29(41)43-5-2)38(28-35-16-19(17-36-28)7-6-10-40)18-21-11-20(15-31)12-22(13-21)30(32,33)34/h8-9,11-13,16-17,23,25,40H,4-7,10,14-15,18H2,1-3H3/t23-,25+/m1/s1. The Morgan fingerprint density at radius 1 is 1.12 bits per heavy atom. The molecule has 0 aliphatic carbocycles. The number of fused-ring (bicyclic) bond motifs is 1. The quantitative estimate of drug-likeness (QED) is 0.259. The van der Waals surface area contributed by atoms with Crippen LogP contribution in [0.2, 0.25) is 0 Å². The van der Waals surface area contributed by atoms with Crippen molar-refractivity contribution in [3.63, 3.8) is 0 Å². The number of carbonyl (C=O) groups is 1. The van der Waals surface area contributed by atoms with Gasteiger partial charge in [0.1, 0.15) is 6.67 Å². The predicted octanol–water partition coefficient (Wildman–Crippen LogP) is 6.19. The molecule has 1 aliphatic heterocycles. The second-order valence-corrected chi connectivity index (χ2v) is 10.2. The fourth-order valence-corrected chi connectivity index (χ4v) is 5.27. The minimum absolute atomic E-state index is 0.00204. The number of pyridine rings is 1. The maximum atomic E-state index is 13.8. The van der Waals surface area contributed by atoms with Crippen molar-refractivity contribution >= 4 is 17.7 Å². The van der Waals surface area contributed by atoms with Gasteiger partial charge < -0.3 is 19.5 Å². The molecule has 0 fully saturated rings. The number of aromatic nitrogens is 3. The Morgan fingerprint density at radius 3 is 2.44 bits per heavy atom. The molecule has 1 N–H and O–H groups in total. The third kappa shape index (κ3) is 7.32. The summed E-state index contributed by atoms with van der Waals surface area (Å²) in [7, 11) is 1.46. The molecule has 0 saturated heterocycles. The third-order valence-corrected chi connectivity index (χ3v) is 7.29. The minimum Gasteiger partial charge on any atom is -0.481 e. The molecule has 0 unspecified atom stereocenters. The lowest BCUT2D eigenvalue weighted by molar-refractivity contribution is -0.137. The van der Waals surface area contributed by atoms with E-state index in [0.717, 1.165) is 17.7 Å². The number of hydrogen-bond acceptors (Lipinski definition) is 8. The number of nitrogens with zero attached hydrogens (tertiary/aromatic N) is 5. The van der Waals surface area contributed by atoms with Crippen LogP contribution in [-0.4, -0.2) is 52.5 Å². The van der Waals surface area contributed by atoms with E-state index >= 15 is 0 Å². The maximum absolute atomic E-state index is 13.8. The molecule has 1 aliphatic rings. The highest BCUT2D eigenvalue weighted by molar-refractivity contribution is 5.90. The first-order chi connectivity index (χ1) is 20.6. The molecule has 0 saturated carbocycles. The molecule has 1 amide bonds. The molecular weight excluding hydrogens is 570 g/mol. The van der Waals surface area contributed by atoms with E-state index in [-0.39, 0.29) is 48.8 Å². The topological polar surface area (TPSA) is 101 Å². The summed E-state index contributed by atoms with van der Waals surface area (Å²) < 4.78 is 65.7. The average Bonchev–Trinajstić information content (AvgIpc) is 3.01. The number of rotatable bonds is 11. The average molecular weight is 606 g/mol. The number of carbonyl (C=O) groups excluding carboxylic acids is 1. The molecule has 0 radical (unpaired) electrons. The van der Waals surface area contributed by atoms with Crippen molar-refractivity contribution in [1.82, 2.24) is 15.0 Å². The van der Waals surface area contributed by atoms with Crippen LogP contribution < -0.4 is 14.5 Å². The number of benzene rings is 1. The van der Waals surface area contributed by atoms with Crippen molar-refractivity contribution in [3.05, 3.63) is 70.7 Å². The number of amides is 1. The number of halogens is 4. The first kappa shape index (κ1) is 31.9. The summed E-state index contributed by atoms with van der Waals surface area (Å²) in [5, 5.41) is 9.20. The number of aryl methyl sites for hydroxylation is 1. The van der Waals surface area contributed by atoms with Crippen molar-refractivity contribution in [2.45, 2.75) is 71.0 Å². The fourth-order valence-electron chi connectivity index (χ4n) is 5.27. The number of hydrogen-bond donors (Lipinski definition) is 1. The molecule has 232 valence electrons. The van der Waals surface area contributed by atoms with E-state index in [1.165, 1.54) is 13.2 Å². The van der Waals surface area contributed by atoms with Gasteiger partial charge in [-0.2, -0.15) is 13.2 Å². The van der Waals surface area contributed by atoms with Crippen LogP contribution in [0.15, 0.2) is 42.7 Å². The Hall–Kier alpha value is -4.00. The van der Waals surface area contributed by atoms with Gasteiger partial charge in [-0.25, -0.2) is 24.1 Å². The highest BCUT2D eigenvalue weighted by atomic mass is 19.4. The van der Waals surface area contributed by atoms with Gasteiger partial charge >= 0.3 is 12.3 Å². The zero-order chi connectivity index (χ0) is 31.1. The fraction of sp³-hybridized carbons (Fsp3) is 0.467. The lowest BCUT2D eigenvalue weighted by atomic mass is 9.92. The van der Waals surface area contributed by atoms with E-state index in [9.17, 15) is 27.5 Å². The van der Waals surface area contributed by atoms with Gasteiger partial charge in [0.2, 0.25) is 11.8 Å². The number of ether oxygens (including phenoxy) is 2. The summed E-state index contributed by atoms with van der Waals surface area (Å²) in [5.41, 5.74) is 0.833. The van der Waals surface area contributed by atoms with Crippen molar-refractivity contribution < 1.29 is 36.9 Å². The number of alkyl halides is 4. The zero-order valence-corrected chi connectivity index (χ0v) is 24.3. The maximum Gasteiger partial charge on any atom is 0.416 e. The monoisotopic (exact) mass is 605 g/mol. The molecule has 2 aromatic heterocycles. The Morgan fingerprint density at radius 2 is 1.84 bits per heavy atom. The van der Waals surface area contributed by atoms with E-state index in [4.69, 9.17) is 9.47 Å². The van der Waals surface area contributed by atoms with Crippen molar-refractivity contribution in [2.75, 3.05) is 30.1 Å². The molecule has 2 atom stereocenters. The van der Waals surface area contributed by atoms with Crippen LogP contribution in [0.25, 0.3) is 0 Å². The van der Waals surface area contributed by atoms with E-state index in [2.05, 4.69) is 15.0 Å². The first-order valence-electron chi connectivity index (χ1n) is 14.1. The summed E-state index contributed by atoms with van der Waals surface area (Å²) in [6.45, 7) is 2.64. The van der Waals surface area contributed by atoms with Gasteiger partial charge in [-0.3, -0.25) is 4.90 Å². The van der Waals surface area contributed by atoms with Crippen LogP contribution in [0.4, 0.5) is 34.0 Å². The lowest BCUT2D eigenvalue weighted by Crippen LogP contribution is -2.48. The molecule has 4 rings (SSSR count). The summed E-state index contributed by atoms with van der Waals surface area (Å²) in [6.07, 6.45) is -0.0634. The Labute approximate surface area is 247 Å². The molecular formula is C30H35F4N5O4. The molecule has 1 aromatic carbocycles. The van der Waals surface area contributed by atoms with E-state index in [0.29, 0.717) is 37.1 Å². The molecule has 9 nitrogen and oxygen atoms in total. The van der Waals surface area contributed by atoms with Gasteiger partial charge in [0, 0.05) is 37.7 Å². The molecule has 3 heterocycles. The molecule has 0 spiro atoms. The SMILES string of the molecule is CCOC(=O)N1c2ccc(OC)nc2[C@@H](N(Cc2cc(CF)cc(C(F)(F)F)c2)c2ncc(CCCO)cn2)C[C@H]1CC. The van der Waals surface area contributed by atoms with Crippen LogP contribution in [0.1, 0.15) is 67.1 Å². The zero-order valence-electron chi connectivity index (χ0n) is 24.3. The number of aliphatic hydroxyl groups is 1. The van der Waals surface area contributed by atoms with Gasteiger partial charge in [-0.1, -0.05) is 13.0 Å². The summed E-state index contributed by atoms with van der Waals surface area (Å²) >= 11 is 0. The molecule has 3 aromatic rings. The summed E-state index contributed by atoms with van der Waals surface area (Å²) in [6, 6.07) is 5.56. The van der Waals surface area contributed by atoms with Crippen LogP contribution >= 0.6 is 0 Å². The van der Waals surface area contributed by atoms with Crippen molar-refractivity contribution in [2.24, 2.45) is 0 Å². The second kappa shape index (κ2) is 14.0. The van der Waals surface area contributed by atoms with Crippen LogP contribution in [-0.2, 0) is 30.6 Å². The van der Waals surface area contributed by atoms with Crippen LogP contribution in [0.3, 0.4) is 0 Å². The summed E-state index contributed by atoms with van der Waals surface area (Å²) in [5.74, 6) is 0.494. The Balaban J connectivity index is 1.87. The Kier molecular flexibility index (Phi) is 10.4. The van der Waals surface area contributed by atoms with Gasteiger partial charge in [0.25, 0.3) is 0 Å². The Bertz CT molecular complexity index is 1390. The van der Waals surface area contributed by atoms with Crippen LogP contribution in [0, 0.1) is 0 Å². The highest BCUT2D eigenvalue weighted by Gasteiger charge is 2.41. The highest BCUT2D eigenvalue weighted by Crippen LogP contribution is 2.43. The number of anilines is 2. The lowest BCUT2D eigenvalue weighted by Gasteiger charge is -2.43. The normalized spacial score (nSPS) is 16.5. The van der Waals surface area contributed by atoms with Gasteiger partial charge in [0.05, 0.1) is 36.7 Å². The minimum atomic E-state index is -4.67. The smallest absolute Gasteiger partial charge is 0.416 e. The second-order valence-electron chi connectivity index (χ2n) is 10.2. The number of methoxy groups -OCH3 is 1. The van der Waals surface area contributed by atoms with E-state index in [1.54, 1.807) is 41.2 Å². The van der Waals surface area contributed by atoms with Crippen molar-refractivity contribution in [1.29, 1.82) is 0 Å². The van der Waals surface area contributed by atoms with Gasteiger partial charge in [-0.05, 0) is 67.5 Å². The van der Waals surface area contributed by atoms with E-state index in [1.807, 2.05) is 6.92 Å². The van der Waals surface area contributed by atoms with Crippen molar-refractivity contribution in [3.8, 4) is 5.88 Å². The summed E-state index contributed by atoms with van der Waals surface area (Å²) in [4.78, 5) is 30.1. The third-order valence-electron chi connectivity index (χ3n) is 7.29. The molecule has 13 heteroatoms. The van der Waals surface area contributed by atoms with Crippen LogP contribution in [0.5, 0.6) is 5.88 Å².